The van der Waals surface area contributed by atoms with E-state index in [0.717, 1.165) is 12.2 Å². The summed E-state index contributed by atoms with van der Waals surface area (Å²) in [6.45, 7) is 0. The predicted molar refractivity (Wildman–Crippen MR) is 82.4 cm³/mol. The second kappa shape index (κ2) is 5.68. The highest BCUT2D eigenvalue weighted by Gasteiger charge is 2.31. The fraction of sp³-hybridized carbons (Fsp3) is 0.333. The van der Waals surface area contributed by atoms with Gasteiger partial charge in [0, 0.05) is 12.0 Å². The topological polar surface area (TPSA) is 21.3 Å². The molecule has 2 nitrogen and oxygen atoms in total. The van der Waals surface area contributed by atoms with E-state index < -0.39 is 0 Å². The van der Waals surface area contributed by atoms with Crippen molar-refractivity contribution in [2.75, 3.05) is 14.2 Å². The molecule has 2 aromatic carbocycles. The number of likely N-dealkylation sites (N-methyl/N-ethyl adjacent to an activating group) is 1. The smallest absolute Gasteiger partial charge is 0.119 e. The Morgan fingerprint density at radius 2 is 2.05 bits per heavy atom. The average Bonchev–Trinajstić information content (AvgIpc) is 2.47. The second-order valence-electron chi connectivity index (χ2n) is 5.46. The summed E-state index contributed by atoms with van der Waals surface area (Å²) in [7, 11) is 3.78. The lowest BCUT2D eigenvalue weighted by atomic mass is 9.72. The molecule has 1 aliphatic rings. The zero-order chi connectivity index (χ0) is 13.9. The van der Waals surface area contributed by atoms with Crippen LogP contribution in [0.3, 0.4) is 0 Å². The molecule has 0 saturated carbocycles. The van der Waals surface area contributed by atoms with E-state index in [1.807, 2.05) is 6.07 Å². The van der Waals surface area contributed by atoms with E-state index in [9.17, 15) is 0 Å². The minimum atomic E-state index is 0.483. The Morgan fingerprint density at radius 3 is 2.80 bits per heavy atom. The first kappa shape index (κ1) is 13.2. The Hall–Kier alpha value is -1.80. The molecule has 0 saturated heterocycles. The number of ether oxygens (including phenoxy) is 1. The number of rotatable bonds is 5. The van der Waals surface area contributed by atoms with Crippen LogP contribution in [0, 0.1) is 0 Å². The first-order valence-electron chi connectivity index (χ1n) is 7.20. The molecule has 1 aliphatic carbocycles. The molecule has 0 aromatic heterocycles. The molecule has 0 amide bonds. The van der Waals surface area contributed by atoms with E-state index in [-0.39, 0.29) is 0 Å². The monoisotopic (exact) mass is 267 g/mol. The summed E-state index contributed by atoms with van der Waals surface area (Å²) in [6, 6.07) is 17.6. The van der Waals surface area contributed by atoms with Crippen LogP contribution in [0.25, 0.3) is 0 Å². The molecular formula is C18H21NO. The van der Waals surface area contributed by atoms with E-state index >= 15 is 0 Å². The third kappa shape index (κ3) is 2.44. The predicted octanol–water partition coefficient (Wildman–Crippen LogP) is 3.17. The van der Waals surface area contributed by atoms with Crippen molar-refractivity contribution in [3.63, 3.8) is 0 Å². The molecule has 104 valence electrons. The molecule has 0 aliphatic heterocycles. The number of fused-ring (bicyclic) bond motifs is 1. The highest BCUT2D eigenvalue weighted by atomic mass is 16.5. The molecule has 0 bridgehead atoms. The van der Waals surface area contributed by atoms with Crippen molar-refractivity contribution in [1.82, 2.24) is 5.32 Å². The van der Waals surface area contributed by atoms with Crippen LogP contribution in [0.15, 0.2) is 48.5 Å². The third-order valence-electron chi connectivity index (χ3n) is 4.34. The lowest BCUT2D eigenvalue weighted by Gasteiger charge is -2.36. The molecule has 1 N–H and O–H groups in total. The maximum atomic E-state index is 5.31. The van der Waals surface area contributed by atoms with Crippen LogP contribution in [-0.4, -0.2) is 20.2 Å². The molecule has 3 rings (SSSR count). The van der Waals surface area contributed by atoms with Crippen LogP contribution < -0.4 is 10.1 Å². The largest absolute Gasteiger partial charge is 0.497 e. The van der Waals surface area contributed by atoms with Gasteiger partial charge in [-0.25, -0.2) is 0 Å². The summed E-state index contributed by atoms with van der Waals surface area (Å²) in [5, 5.41) is 3.49. The van der Waals surface area contributed by atoms with Gasteiger partial charge in [0.25, 0.3) is 0 Å². The molecule has 0 spiro atoms. The minimum Gasteiger partial charge on any atom is -0.497 e. The average molecular weight is 267 g/mol. The van der Waals surface area contributed by atoms with Crippen LogP contribution in [0.5, 0.6) is 5.75 Å². The number of benzene rings is 2. The van der Waals surface area contributed by atoms with Crippen molar-refractivity contribution in [3.8, 4) is 5.75 Å². The Balaban J connectivity index is 1.75. The fourth-order valence-corrected chi connectivity index (χ4v) is 3.16. The van der Waals surface area contributed by atoms with Crippen LogP contribution >= 0.6 is 0 Å². The molecular weight excluding hydrogens is 246 g/mol. The third-order valence-corrected chi connectivity index (χ3v) is 4.34. The van der Waals surface area contributed by atoms with E-state index in [0.29, 0.717) is 12.0 Å². The molecule has 0 fully saturated rings. The molecule has 2 heteroatoms. The maximum Gasteiger partial charge on any atom is 0.119 e. The summed E-state index contributed by atoms with van der Waals surface area (Å²) >= 11 is 0. The summed E-state index contributed by atoms with van der Waals surface area (Å²) in [4.78, 5) is 0. The highest BCUT2D eigenvalue weighted by molar-refractivity contribution is 5.42. The summed E-state index contributed by atoms with van der Waals surface area (Å²) < 4.78 is 5.31. The number of nitrogens with one attached hydrogen (secondary N) is 1. The summed E-state index contributed by atoms with van der Waals surface area (Å²) in [6.07, 6.45) is 2.22. The Kier molecular flexibility index (Phi) is 3.75. The Bertz CT molecular complexity index is 593. The number of hydrogen-bond acceptors (Lipinski definition) is 2. The van der Waals surface area contributed by atoms with Crippen LogP contribution in [0.2, 0.25) is 0 Å². The van der Waals surface area contributed by atoms with Gasteiger partial charge in [0.2, 0.25) is 0 Å². The molecule has 2 unspecified atom stereocenters. The second-order valence-corrected chi connectivity index (χ2v) is 5.46. The first-order valence-corrected chi connectivity index (χ1v) is 7.20. The molecule has 2 aromatic rings. The lowest BCUT2D eigenvalue weighted by Crippen LogP contribution is -2.39. The van der Waals surface area contributed by atoms with Crippen molar-refractivity contribution in [2.45, 2.75) is 24.8 Å². The van der Waals surface area contributed by atoms with E-state index in [1.54, 1.807) is 7.11 Å². The van der Waals surface area contributed by atoms with Crippen molar-refractivity contribution in [1.29, 1.82) is 0 Å². The quantitative estimate of drug-likeness (QED) is 0.898. The van der Waals surface area contributed by atoms with Gasteiger partial charge in [-0.3, -0.25) is 0 Å². The SMILES string of the molecule is CNC(Cc1cccc(OC)c1)C1Cc2ccccc21. The zero-order valence-electron chi connectivity index (χ0n) is 12.1. The van der Waals surface area contributed by atoms with Gasteiger partial charge in [0.15, 0.2) is 0 Å². The van der Waals surface area contributed by atoms with E-state index in [1.165, 1.54) is 23.1 Å². The van der Waals surface area contributed by atoms with Crippen LogP contribution in [-0.2, 0) is 12.8 Å². The lowest BCUT2D eigenvalue weighted by molar-refractivity contribution is 0.409. The van der Waals surface area contributed by atoms with Gasteiger partial charge in [-0.15, -0.1) is 0 Å². The number of methoxy groups -OCH3 is 1. The van der Waals surface area contributed by atoms with Gasteiger partial charge in [0.1, 0.15) is 5.75 Å². The minimum absolute atomic E-state index is 0.483. The Morgan fingerprint density at radius 1 is 1.20 bits per heavy atom. The van der Waals surface area contributed by atoms with Gasteiger partial charge in [-0.1, -0.05) is 36.4 Å². The molecule has 0 radical (unpaired) electrons. The maximum absolute atomic E-state index is 5.31. The van der Waals surface area contributed by atoms with Crippen molar-refractivity contribution in [3.05, 3.63) is 65.2 Å². The van der Waals surface area contributed by atoms with Crippen LogP contribution in [0.4, 0.5) is 0 Å². The van der Waals surface area contributed by atoms with E-state index in [4.69, 9.17) is 4.74 Å². The standard InChI is InChI=1S/C18H21NO/c1-19-18(11-13-6-5-8-15(10-13)20-2)17-12-14-7-3-4-9-16(14)17/h3-10,17-19H,11-12H2,1-2H3. The molecule has 2 atom stereocenters. The summed E-state index contributed by atoms with van der Waals surface area (Å²) in [5.74, 6) is 1.56. The van der Waals surface area contributed by atoms with Crippen molar-refractivity contribution in [2.24, 2.45) is 0 Å². The van der Waals surface area contributed by atoms with Gasteiger partial charge >= 0.3 is 0 Å². The fourth-order valence-electron chi connectivity index (χ4n) is 3.16. The molecule has 0 heterocycles. The molecule has 20 heavy (non-hydrogen) atoms. The Labute approximate surface area is 120 Å². The normalized spacial score (nSPS) is 18.0. The summed E-state index contributed by atoms with van der Waals surface area (Å²) in [5.41, 5.74) is 4.34. The van der Waals surface area contributed by atoms with Gasteiger partial charge in [-0.05, 0) is 48.7 Å². The van der Waals surface area contributed by atoms with E-state index in [2.05, 4.69) is 54.8 Å². The zero-order valence-corrected chi connectivity index (χ0v) is 12.1. The van der Waals surface area contributed by atoms with Gasteiger partial charge < -0.3 is 10.1 Å². The highest BCUT2D eigenvalue weighted by Crippen LogP contribution is 2.38. The van der Waals surface area contributed by atoms with Crippen molar-refractivity contribution < 1.29 is 4.74 Å². The van der Waals surface area contributed by atoms with Gasteiger partial charge in [0.05, 0.1) is 7.11 Å². The van der Waals surface area contributed by atoms with Crippen molar-refractivity contribution >= 4 is 0 Å². The van der Waals surface area contributed by atoms with Gasteiger partial charge in [-0.2, -0.15) is 0 Å². The number of hydrogen-bond donors (Lipinski definition) is 1. The first-order chi connectivity index (χ1) is 9.81. The van der Waals surface area contributed by atoms with Crippen LogP contribution in [0.1, 0.15) is 22.6 Å².